The highest BCUT2D eigenvalue weighted by Crippen LogP contribution is 2.29. The fourth-order valence-corrected chi connectivity index (χ4v) is 5.14. The van der Waals surface area contributed by atoms with E-state index in [0.717, 1.165) is 22.0 Å². The van der Waals surface area contributed by atoms with Gasteiger partial charge in [-0.3, -0.25) is 14.4 Å². The maximum absolute atomic E-state index is 14.0. The Balaban J connectivity index is 1.41. The summed E-state index contributed by atoms with van der Waals surface area (Å²) in [6, 6.07) is 29.5. The van der Waals surface area contributed by atoms with Gasteiger partial charge < -0.3 is 20.3 Å². The number of hydrogen-bond donors (Lipinski definition) is 3. The SMILES string of the molecule is O=C(O)CCN(CCc1c[nH]c2ccccc12)C(=O)c1ccccc1-c1ccccc1C(=O)NCc1ccc(Cl)cc1. The number of H-pyrrole nitrogens is 1. The minimum Gasteiger partial charge on any atom is -0.481 e. The Morgan fingerprint density at radius 3 is 2.17 bits per heavy atom. The van der Waals surface area contributed by atoms with Gasteiger partial charge in [0.1, 0.15) is 0 Å². The third-order valence-corrected chi connectivity index (χ3v) is 7.45. The van der Waals surface area contributed by atoms with Crippen LogP contribution in [0.5, 0.6) is 0 Å². The lowest BCUT2D eigenvalue weighted by Gasteiger charge is -2.24. The molecule has 0 fully saturated rings. The highest BCUT2D eigenvalue weighted by atomic mass is 35.5. The molecule has 1 aromatic heterocycles. The third-order valence-electron chi connectivity index (χ3n) is 7.19. The predicted octanol–water partition coefficient (Wildman–Crippen LogP) is 6.58. The molecule has 42 heavy (non-hydrogen) atoms. The van der Waals surface area contributed by atoms with E-state index in [-0.39, 0.29) is 24.8 Å². The number of carbonyl (C=O) groups excluding carboxylic acids is 2. The molecular weight excluding hydrogens is 550 g/mol. The number of para-hydroxylation sites is 1. The first-order valence-electron chi connectivity index (χ1n) is 13.7. The highest BCUT2D eigenvalue weighted by Gasteiger charge is 2.23. The van der Waals surface area contributed by atoms with Crippen molar-refractivity contribution in [2.75, 3.05) is 13.1 Å². The van der Waals surface area contributed by atoms with Gasteiger partial charge >= 0.3 is 5.97 Å². The normalized spacial score (nSPS) is 10.9. The fourth-order valence-electron chi connectivity index (χ4n) is 5.01. The molecule has 0 aliphatic carbocycles. The molecule has 0 atom stereocenters. The summed E-state index contributed by atoms with van der Waals surface area (Å²) in [5, 5.41) is 14.0. The summed E-state index contributed by atoms with van der Waals surface area (Å²) in [5.41, 5.74) is 5.02. The summed E-state index contributed by atoms with van der Waals surface area (Å²) in [7, 11) is 0. The highest BCUT2D eigenvalue weighted by molar-refractivity contribution is 6.30. The fraction of sp³-hybridized carbons (Fsp3) is 0.147. The molecule has 212 valence electrons. The Morgan fingerprint density at radius 2 is 1.43 bits per heavy atom. The smallest absolute Gasteiger partial charge is 0.305 e. The molecule has 0 aliphatic rings. The van der Waals surface area contributed by atoms with E-state index in [1.54, 1.807) is 41.3 Å². The number of benzene rings is 4. The molecule has 0 bridgehead atoms. The van der Waals surface area contributed by atoms with Crippen molar-refractivity contribution in [1.29, 1.82) is 0 Å². The van der Waals surface area contributed by atoms with E-state index in [1.807, 2.05) is 66.9 Å². The van der Waals surface area contributed by atoms with Gasteiger partial charge in [-0.2, -0.15) is 0 Å². The minimum atomic E-state index is -0.976. The number of carbonyl (C=O) groups is 3. The first-order valence-corrected chi connectivity index (χ1v) is 14.1. The molecule has 3 N–H and O–H groups in total. The Morgan fingerprint density at radius 1 is 0.786 bits per heavy atom. The van der Waals surface area contributed by atoms with Gasteiger partial charge in [-0.15, -0.1) is 0 Å². The number of amides is 2. The number of rotatable bonds is 11. The summed E-state index contributed by atoms with van der Waals surface area (Å²) < 4.78 is 0. The minimum absolute atomic E-state index is 0.0636. The average Bonchev–Trinajstić information content (AvgIpc) is 3.43. The lowest BCUT2D eigenvalue weighted by molar-refractivity contribution is -0.137. The van der Waals surface area contributed by atoms with Gasteiger partial charge in [-0.05, 0) is 59.0 Å². The quantitative estimate of drug-likeness (QED) is 0.164. The second-order valence-electron chi connectivity index (χ2n) is 9.95. The molecule has 0 aliphatic heterocycles. The second kappa shape index (κ2) is 13.2. The van der Waals surface area contributed by atoms with Crippen molar-refractivity contribution in [3.05, 3.63) is 131 Å². The van der Waals surface area contributed by atoms with Crippen LogP contribution in [0.4, 0.5) is 0 Å². The number of aromatic amines is 1. The molecule has 0 saturated heterocycles. The number of halogens is 1. The number of hydrogen-bond acceptors (Lipinski definition) is 3. The molecular formula is C34H30ClN3O4. The van der Waals surface area contributed by atoms with E-state index in [1.165, 1.54) is 0 Å². The Hall–Kier alpha value is -4.88. The van der Waals surface area contributed by atoms with Crippen LogP contribution in [0.2, 0.25) is 5.02 Å². The van der Waals surface area contributed by atoms with Crippen LogP contribution in [0.3, 0.4) is 0 Å². The molecule has 2 amide bonds. The molecule has 0 saturated carbocycles. The summed E-state index contributed by atoms with van der Waals surface area (Å²) in [6.45, 7) is 0.724. The zero-order chi connectivity index (χ0) is 29.5. The van der Waals surface area contributed by atoms with E-state index in [9.17, 15) is 19.5 Å². The van der Waals surface area contributed by atoms with Crippen LogP contribution in [0.25, 0.3) is 22.0 Å². The van der Waals surface area contributed by atoms with E-state index >= 15 is 0 Å². The maximum Gasteiger partial charge on any atom is 0.305 e. The van der Waals surface area contributed by atoms with Crippen molar-refractivity contribution in [2.24, 2.45) is 0 Å². The zero-order valence-electron chi connectivity index (χ0n) is 22.8. The summed E-state index contributed by atoms with van der Waals surface area (Å²) in [6.07, 6.45) is 2.31. The van der Waals surface area contributed by atoms with Gasteiger partial charge in [0.2, 0.25) is 0 Å². The summed E-state index contributed by atoms with van der Waals surface area (Å²) in [4.78, 5) is 43.6. The van der Waals surface area contributed by atoms with Crippen molar-refractivity contribution in [3.8, 4) is 11.1 Å². The van der Waals surface area contributed by atoms with Crippen LogP contribution < -0.4 is 5.32 Å². The van der Waals surface area contributed by atoms with Crippen molar-refractivity contribution >= 4 is 40.3 Å². The number of fused-ring (bicyclic) bond motifs is 1. The van der Waals surface area contributed by atoms with Crippen LogP contribution in [0.1, 0.15) is 38.3 Å². The van der Waals surface area contributed by atoms with Gasteiger partial charge in [0.25, 0.3) is 11.8 Å². The molecule has 8 heteroatoms. The van der Waals surface area contributed by atoms with Crippen molar-refractivity contribution in [2.45, 2.75) is 19.4 Å². The van der Waals surface area contributed by atoms with Crippen LogP contribution in [0, 0.1) is 0 Å². The molecule has 7 nitrogen and oxygen atoms in total. The zero-order valence-corrected chi connectivity index (χ0v) is 23.6. The molecule has 0 unspecified atom stereocenters. The van der Waals surface area contributed by atoms with Crippen LogP contribution >= 0.6 is 11.6 Å². The van der Waals surface area contributed by atoms with Crippen molar-refractivity contribution in [3.63, 3.8) is 0 Å². The van der Waals surface area contributed by atoms with E-state index in [2.05, 4.69) is 10.3 Å². The monoisotopic (exact) mass is 579 g/mol. The standard InChI is InChI=1S/C34H30ClN3O4/c35-25-15-13-23(14-16-25)21-37-33(41)29-10-3-1-8-27(29)28-9-2-4-11-30(28)34(42)38(20-18-32(39)40)19-17-24-22-36-31-12-6-5-7-26(24)31/h1-16,22,36H,17-21H2,(H,37,41)(H,39,40). The number of nitrogens with zero attached hydrogens (tertiary/aromatic N) is 1. The van der Waals surface area contributed by atoms with E-state index < -0.39 is 5.97 Å². The molecule has 0 spiro atoms. The maximum atomic E-state index is 14.0. The summed E-state index contributed by atoms with van der Waals surface area (Å²) >= 11 is 5.98. The number of nitrogens with one attached hydrogen (secondary N) is 2. The first-order chi connectivity index (χ1) is 20.4. The Labute approximate surface area is 248 Å². The van der Waals surface area contributed by atoms with Crippen molar-refractivity contribution in [1.82, 2.24) is 15.2 Å². The van der Waals surface area contributed by atoms with Gasteiger partial charge in [-0.1, -0.05) is 78.3 Å². The van der Waals surface area contributed by atoms with Crippen LogP contribution in [0.15, 0.2) is 103 Å². The van der Waals surface area contributed by atoms with Crippen molar-refractivity contribution < 1.29 is 19.5 Å². The second-order valence-corrected chi connectivity index (χ2v) is 10.4. The number of aromatic nitrogens is 1. The topological polar surface area (TPSA) is 102 Å². The largest absolute Gasteiger partial charge is 0.481 e. The van der Waals surface area contributed by atoms with E-state index in [4.69, 9.17) is 11.6 Å². The Bertz CT molecular complexity index is 1730. The number of aliphatic carboxylic acids is 1. The van der Waals surface area contributed by atoms with E-state index in [0.29, 0.717) is 46.8 Å². The number of carboxylic acids is 1. The van der Waals surface area contributed by atoms with Crippen LogP contribution in [-0.2, 0) is 17.8 Å². The van der Waals surface area contributed by atoms with Gasteiger partial charge in [0.15, 0.2) is 0 Å². The Kier molecular flexibility index (Phi) is 8.99. The molecule has 1 heterocycles. The van der Waals surface area contributed by atoms with Gasteiger partial charge in [0.05, 0.1) is 6.42 Å². The molecule has 5 aromatic rings. The molecule has 5 rings (SSSR count). The summed E-state index contributed by atoms with van der Waals surface area (Å²) in [5.74, 6) is -1.54. The lowest BCUT2D eigenvalue weighted by atomic mass is 9.94. The number of carboxylic acid groups (broad SMARTS) is 1. The molecule has 0 radical (unpaired) electrons. The predicted molar refractivity (Wildman–Crippen MR) is 165 cm³/mol. The molecule has 4 aromatic carbocycles. The van der Waals surface area contributed by atoms with Gasteiger partial charge in [-0.25, -0.2) is 0 Å². The van der Waals surface area contributed by atoms with Crippen LogP contribution in [-0.4, -0.2) is 45.9 Å². The average molecular weight is 580 g/mol. The third kappa shape index (κ3) is 6.70. The first kappa shape index (κ1) is 28.6. The lowest BCUT2D eigenvalue weighted by Crippen LogP contribution is -2.35. The van der Waals surface area contributed by atoms with Gasteiger partial charge in [0, 0.05) is 52.9 Å².